The largest absolute Gasteiger partial charge is 0.475 e. The van der Waals surface area contributed by atoms with Gasteiger partial charge in [0.05, 0.1) is 6.54 Å². The summed E-state index contributed by atoms with van der Waals surface area (Å²) in [6.45, 7) is 0.0891. The molecule has 2 N–H and O–H groups in total. The molecule has 0 amide bonds. The maximum absolute atomic E-state index is 12.1. The molecule has 2 rings (SSSR count). The lowest BCUT2D eigenvalue weighted by Crippen LogP contribution is -2.24. The van der Waals surface area contributed by atoms with E-state index in [1.54, 1.807) is 29.9 Å². The van der Waals surface area contributed by atoms with Gasteiger partial charge in [0.1, 0.15) is 4.90 Å². The molecule has 0 unspecified atom stereocenters. The van der Waals surface area contributed by atoms with E-state index in [4.69, 9.17) is 9.52 Å². The predicted molar refractivity (Wildman–Crippen MR) is 72.8 cm³/mol. The molecule has 2 aromatic heterocycles. The van der Waals surface area contributed by atoms with Gasteiger partial charge in [-0.1, -0.05) is 0 Å². The van der Waals surface area contributed by atoms with E-state index in [1.807, 2.05) is 0 Å². The van der Waals surface area contributed by atoms with Gasteiger partial charge in [0, 0.05) is 25.0 Å². The second-order valence-corrected chi connectivity index (χ2v) is 6.44. The van der Waals surface area contributed by atoms with Crippen molar-refractivity contribution in [3.63, 3.8) is 0 Å². The molecule has 20 heavy (non-hydrogen) atoms. The molecule has 0 saturated carbocycles. The number of aromatic nitrogens is 1. The zero-order chi connectivity index (χ0) is 14.9. The number of aromatic carboxylic acids is 1. The second-order valence-electron chi connectivity index (χ2n) is 3.99. The Morgan fingerprint density at radius 2 is 2.25 bits per heavy atom. The van der Waals surface area contributed by atoms with Crippen molar-refractivity contribution in [3.8, 4) is 0 Å². The van der Waals surface area contributed by atoms with E-state index in [-0.39, 0.29) is 16.1 Å². The van der Waals surface area contributed by atoms with E-state index in [0.717, 1.165) is 11.8 Å². The Morgan fingerprint density at radius 1 is 1.55 bits per heavy atom. The number of nitrogens with zero attached hydrogens (tertiary/aromatic N) is 1. The number of carbonyl (C=O) groups is 1. The summed E-state index contributed by atoms with van der Waals surface area (Å²) >= 11 is 2.90. The summed E-state index contributed by atoms with van der Waals surface area (Å²) in [5.74, 6) is -1.79. The molecular formula is C11H11BrN2O5S. The number of furan rings is 1. The predicted octanol–water partition coefficient (Wildman–Crippen LogP) is 1.56. The highest BCUT2D eigenvalue weighted by Crippen LogP contribution is 2.26. The summed E-state index contributed by atoms with van der Waals surface area (Å²) in [6.07, 6.45) is 1.79. The number of sulfonamides is 1. The third-order valence-corrected chi connectivity index (χ3v) is 4.91. The highest BCUT2D eigenvalue weighted by atomic mass is 79.9. The molecule has 0 saturated heterocycles. The summed E-state index contributed by atoms with van der Waals surface area (Å²) in [5, 5.41) is 8.77. The van der Waals surface area contributed by atoms with Crippen LogP contribution in [0.5, 0.6) is 0 Å². The van der Waals surface area contributed by atoms with Crippen LogP contribution in [0.3, 0.4) is 0 Å². The lowest BCUT2D eigenvalue weighted by Gasteiger charge is -2.06. The summed E-state index contributed by atoms with van der Waals surface area (Å²) in [7, 11) is -2.07. The van der Waals surface area contributed by atoms with Crippen molar-refractivity contribution in [1.29, 1.82) is 0 Å². The van der Waals surface area contributed by atoms with Crippen LogP contribution >= 0.6 is 15.9 Å². The lowest BCUT2D eigenvalue weighted by atomic mass is 10.4. The van der Waals surface area contributed by atoms with Gasteiger partial charge in [0.2, 0.25) is 15.8 Å². The quantitative estimate of drug-likeness (QED) is 0.840. The van der Waals surface area contributed by atoms with Crippen molar-refractivity contribution in [2.24, 2.45) is 7.05 Å². The Balaban J connectivity index is 2.22. The monoisotopic (exact) mass is 362 g/mol. The normalized spacial score (nSPS) is 11.7. The smallest absolute Gasteiger partial charge is 0.371 e. The molecule has 0 bridgehead atoms. The van der Waals surface area contributed by atoms with Crippen LogP contribution in [0, 0.1) is 0 Å². The Bertz CT molecular complexity index is 747. The Kier molecular flexibility index (Phi) is 4.02. The first-order chi connectivity index (χ1) is 9.31. The van der Waals surface area contributed by atoms with Crippen LogP contribution in [0.1, 0.15) is 16.2 Å². The molecule has 0 aliphatic heterocycles. The van der Waals surface area contributed by atoms with E-state index in [2.05, 4.69) is 20.7 Å². The highest BCUT2D eigenvalue weighted by molar-refractivity contribution is 9.10. The van der Waals surface area contributed by atoms with Gasteiger partial charge in [0.25, 0.3) is 0 Å². The van der Waals surface area contributed by atoms with Gasteiger partial charge in [-0.3, -0.25) is 0 Å². The van der Waals surface area contributed by atoms with Crippen molar-refractivity contribution in [1.82, 2.24) is 9.29 Å². The fraction of sp³-hybridized carbons (Fsp3) is 0.182. The van der Waals surface area contributed by atoms with Crippen molar-refractivity contribution in [2.45, 2.75) is 11.4 Å². The summed E-state index contributed by atoms with van der Waals surface area (Å²) in [4.78, 5) is 10.5. The molecule has 0 aromatic carbocycles. The number of hydrogen-bond acceptors (Lipinski definition) is 4. The molecule has 0 fully saturated rings. The van der Waals surface area contributed by atoms with Crippen LogP contribution in [0.25, 0.3) is 0 Å². The molecule has 7 nitrogen and oxygen atoms in total. The van der Waals surface area contributed by atoms with Crippen molar-refractivity contribution >= 4 is 31.9 Å². The van der Waals surface area contributed by atoms with E-state index in [9.17, 15) is 13.2 Å². The van der Waals surface area contributed by atoms with Crippen molar-refractivity contribution < 1.29 is 22.7 Å². The van der Waals surface area contributed by atoms with Gasteiger partial charge in [-0.25, -0.2) is 17.9 Å². The fourth-order valence-corrected chi connectivity index (χ4v) is 3.50. The third-order valence-electron chi connectivity index (χ3n) is 2.65. The topological polar surface area (TPSA) is 102 Å². The number of rotatable bonds is 5. The molecule has 0 radical (unpaired) electrons. The van der Waals surface area contributed by atoms with E-state index >= 15 is 0 Å². The first-order valence-electron chi connectivity index (χ1n) is 5.44. The number of hydrogen-bond donors (Lipinski definition) is 2. The van der Waals surface area contributed by atoms with Gasteiger partial charge in [-0.05, 0) is 28.1 Å². The zero-order valence-electron chi connectivity index (χ0n) is 10.3. The van der Waals surface area contributed by atoms with Crippen LogP contribution < -0.4 is 4.72 Å². The maximum atomic E-state index is 12.1. The molecule has 0 aliphatic rings. The zero-order valence-corrected chi connectivity index (χ0v) is 12.7. The fourth-order valence-electron chi connectivity index (χ4n) is 1.57. The Hall–Kier alpha value is -1.58. The van der Waals surface area contributed by atoms with Gasteiger partial charge in [-0.2, -0.15) is 0 Å². The first kappa shape index (κ1) is 14.8. The average Bonchev–Trinajstić information content (AvgIpc) is 2.93. The van der Waals surface area contributed by atoms with Gasteiger partial charge in [-0.15, -0.1) is 0 Å². The average molecular weight is 363 g/mol. The molecule has 0 spiro atoms. The number of nitrogens with one attached hydrogen (secondary N) is 1. The van der Waals surface area contributed by atoms with Gasteiger partial charge in [0.15, 0.2) is 4.67 Å². The standard InChI is InChI=1S/C11H11BrN2O5S/c1-14-4-2-3-7(14)6-13-20(17,18)9-5-8(11(15)16)19-10(9)12/h2-5,13H,6H2,1H3,(H,15,16). The summed E-state index contributed by atoms with van der Waals surface area (Å²) < 4.78 is 33.0. The number of carboxylic acid groups (broad SMARTS) is 1. The summed E-state index contributed by atoms with van der Waals surface area (Å²) in [6, 6.07) is 4.52. The van der Waals surface area contributed by atoms with Gasteiger partial charge >= 0.3 is 5.97 Å². The van der Waals surface area contributed by atoms with Crippen molar-refractivity contribution in [2.75, 3.05) is 0 Å². The van der Waals surface area contributed by atoms with Crippen molar-refractivity contribution in [3.05, 3.63) is 40.5 Å². The molecule has 0 aliphatic carbocycles. The molecule has 2 heterocycles. The SMILES string of the molecule is Cn1cccc1CNS(=O)(=O)c1cc(C(=O)O)oc1Br. The number of halogens is 1. The van der Waals surface area contributed by atoms with Gasteiger partial charge < -0.3 is 14.1 Å². The van der Waals surface area contributed by atoms with E-state index in [0.29, 0.717) is 0 Å². The molecular weight excluding hydrogens is 352 g/mol. The highest BCUT2D eigenvalue weighted by Gasteiger charge is 2.24. The van der Waals surface area contributed by atoms with Crippen LogP contribution in [0.4, 0.5) is 0 Å². The number of carboxylic acids is 1. The number of aryl methyl sites for hydroxylation is 1. The minimum absolute atomic E-state index is 0.0891. The third kappa shape index (κ3) is 2.94. The minimum Gasteiger partial charge on any atom is -0.475 e. The molecule has 9 heteroatoms. The van der Waals surface area contributed by atoms with Crippen LogP contribution in [0.2, 0.25) is 0 Å². The lowest BCUT2D eigenvalue weighted by molar-refractivity contribution is 0.0661. The van der Waals surface area contributed by atoms with Crippen LogP contribution in [-0.4, -0.2) is 24.1 Å². The Labute approximate surface area is 123 Å². The first-order valence-corrected chi connectivity index (χ1v) is 7.71. The molecule has 108 valence electrons. The Morgan fingerprint density at radius 3 is 2.75 bits per heavy atom. The molecule has 2 aromatic rings. The minimum atomic E-state index is -3.86. The van der Waals surface area contributed by atoms with E-state index < -0.39 is 21.8 Å². The van der Waals surface area contributed by atoms with E-state index in [1.165, 1.54) is 0 Å². The van der Waals surface area contributed by atoms with Crippen LogP contribution in [0.15, 0.2) is 38.4 Å². The second kappa shape index (κ2) is 5.43. The molecule has 0 atom stereocenters. The maximum Gasteiger partial charge on any atom is 0.371 e. The van der Waals surface area contributed by atoms with Crippen LogP contribution in [-0.2, 0) is 23.6 Å². The summed E-state index contributed by atoms with van der Waals surface area (Å²) in [5.41, 5.74) is 0.770.